The summed E-state index contributed by atoms with van der Waals surface area (Å²) in [6.45, 7) is 3.93. The number of carboxylic acid groups (broad SMARTS) is 1. The first-order valence-electron chi connectivity index (χ1n) is 7.86. The average molecular weight is 341 g/mol. The number of nitrogens with one attached hydrogen (secondary N) is 1. The number of fused-ring (bicyclic) bond motifs is 1. The molecule has 5 N–H and O–H groups in total. The van der Waals surface area contributed by atoms with Crippen LogP contribution in [0.5, 0.6) is 5.75 Å². The number of aromatic hydroxyl groups is 1. The molecule has 25 heavy (non-hydrogen) atoms. The standard InChI is InChI=1S/C17H19N5O3/c1-3-22(17(24)25)13-8-12-15(16(18)20-13)21-14(9(2)19-12)10-4-6-11(23)7-5-10/h4-9,19,23H,3H2,1-2H3,(H2,18,20)(H,24,25). The van der Waals surface area contributed by atoms with Crippen LogP contribution in [0.1, 0.15) is 19.4 Å². The molecule has 130 valence electrons. The van der Waals surface area contributed by atoms with E-state index < -0.39 is 6.09 Å². The summed E-state index contributed by atoms with van der Waals surface area (Å²) in [5.74, 6) is 0.595. The van der Waals surface area contributed by atoms with E-state index in [-0.39, 0.29) is 30.0 Å². The van der Waals surface area contributed by atoms with Crippen LogP contribution in [0.2, 0.25) is 0 Å². The van der Waals surface area contributed by atoms with Gasteiger partial charge in [-0.25, -0.2) is 14.8 Å². The maximum atomic E-state index is 11.3. The third-order valence-electron chi connectivity index (χ3n) is 4.01. The number of nitrogen functional groups attached to an aromatic ring is 1. The third kappa shape index (κ3) is 3.06. The number of hydrogen-bond donors (Lipinski definition) is 4. The van der Waals surface area contributed by atoms with Gasteiger partial charge in [0.15, 0.2) is 5.82 Å². The molecule has 0 saturated heterocycles. The van der Waals surface area contributed by atoms with E-state index in [1.807, 2.05) is 6.92 Å². The number of phenolic OH excluding ortho intramolecular Hbond substituents is 1. The normalized spacial score (nSPS) is 15.8. The second kappa shape index (κ2) is 6.31. The smallest absolute Gasteiger partial charge is 0.413 e. The van der Waals surface area contributed by atoms with Crippen LogP contribution in [0.15, 0.2) is 35.3 Å². The number of aliphatic imine (C=N–C) groups is 1. The number of anilines is 3. The second-order valence-corrected chi connectivity index (χ2v) is 5.70. The van der Waals surface area contributed by atoms with Crippen molar-refractivity contribution in [1.29, 1.82) is 0 Å². The number of carbonyl (C=O) groups is 1. The Morgan fingerprint density at radius 3 is 2.64 bits per heavy atom. The summed E-state index contributed by atoms with van der Waals surface area (Å²) in [6, 6.07) is 8.26. The Kier molecular flexibility index (Phi) is 4.18. The van der Waals surface area contributed by atoms with Crippen molar-refractivity contribution in [3.8, 4) is 5.75 Å². The number of nitrogens with two attached hydrogens (primary N) is 1. The molecular formula is C17H19N5O3. The molecule has 2 heterocycles. The van der Waals surface area contributed by atoms with E-state index in [9.17, 15) is 15.0 Å². The van der Waals surface area contributed by atoms with Gasteiger partial charge in [-0.15, -0.1) is 0 Å². The zero-order valence-corrected chi connectivity index (χ0v) is 13.9. The molecule has 1 atom stereocenters. The Bertz CT molecular complexity index is 848. The van der Waals surface area contributed by atoms with Crippen molar-refractivity contribution in [3.05, 3.63) is 35.9 Å². The molecule has 0 aliphatic carbocycles. The monoisotopic (exact) mass is 341 g/mol. The van der Waals surface area contributed by atoms with Crippen molar-refractivity contribution in [3.63, 3.8) is 0 Å². The first-order valence-corrected chi connectivity index (χ1v) is 7.86. The summed E-state index contributed by atoms with van der Waals surface area (Å²) in [7, 11) is 0. The van der Waals surface area contributed by atoms with Gasteiger partial charge in [0.1, 0.15) is 17.3 Å². The summed E-state index contributed by atoms with van der Waals surface area (Å²) >= 11 is 0. The average Bonchev–Trinajstić information content (AvgIpc) is 2.55. The van der Waals surface area contributed by atoms with Gasteiger partial charge in [0.2, 0.25) is 0 Å². The number of aromatic nitrogens is 1. The maximum Gasteiger partial charge on any atom is 0.413 e. The predicted octanol–water partition coefficient (Wildman–Crippen LogP) is 2.81. The van der Waals surface area contributed by atoms with Crippen molar-refractivity contribution in [2.75, 3.05) is 22.5 Å². The highest BCUT2D eigenvalue weighted by Crippen LogP contribution is 2.38. The molecule has 2 aromatic rings. The molecule has 0 fully saturated rings. The SMILES string of the molecule is CCN(C(=O)O)c1cc2c(c(N)n1)N=C(c1ccc(O)cc1)C(C)N2. The van der Waals surface area contributed by atoms with E-state index in [0.717, 1.165) is 16.2 Å². The number of amides is 1. The highest BCUT2D eigenvalue weighted by atomic mass is 16.4. The van der Waals surface area contributed by atoms with Crippen LogP contribution in [0, 0.1) is 0 Å². The number of benzene rings is 1. The van der Waals surface area contributed by atoms with E-state index in [0.29, 0.717) is 11.4 Å². The van der Waals surface area contributed by atoms with Crippen molar-refractivity contribution in [1.82, 2.24) is 4.98 Å². The first kappa shape index (κ1) is 16.6. The highest BCUT2D eigenvalue weighted by Gasteiger charge is 2.25. The summed E-state index contributed by atoms with van der Waals surface area (Å²) in [5.41, 5.74) is 8.76. The Balaban J connectivity index is 2.06. The third-order valence-corrected chi connectivity index (χ3v) is 4.01. The van der Waals surface area contributed by atoms with E-state index in [4.69, 9.17) is 5.73 Å². The van der Waals surface area contributed by atoms with Crippen LogP contribution >= 0.6 is 0 Å². The topological polar surface area (TPSA) is 124 Å². The number of phenols is 1. The Hall–Kier alpha value is -3.29. The van der Waals surface area contributed by atoms with E-state index in [1.54, 1.807) is 37.3 Å². The molecule has 1 aromatic carbocycles. The molecule has 0 bridgehead atoms. The lowest BCUT2D eigenvalue weighted by Crippen LogP contribution is -2.32. The number of pyridine rings is 1. The molecule has 1 aromatic heterocycles. The molecule has 0 radical (unpaired) electrons. The fourth-order valence-electron chi connectivity index (χ4n) is 2.77. The lowest BCUT2D eigenvalue weighted by Gasteiger charge is -2.26. The van der Waals surface area contributed by atoms with Gasteiger partial charge >= 0.3 is 6.09 Å². The van der Waals surface area contributed by atoms with E-state index in [2.05, 4.69) is 15.3 Å². The van der Waals surface area contributed by atoms with Crippen LogP contribution < -0.4 is 16.0 Å². The lowest BCUT2D eigenvalue weighted by atomic mass is 10.0. The van der Waals surface area contributed by atoms with Gasteiger partial charge < -0.3 is 21.3 Å². The molecule has 1 aliphatic rings. The van der Waals surface area contributed by atoms with Crippen molar-refractivity contribution >= 4 is 34.8 Å². The fourth-order valence-corrected chi connectivity index (χ4v) is 2.77. The summed E-state index contributed by atoms with van der Waals surface area (Å²) in [4.78, 5) is 21.2. The molecule has 1 aliphatic heterocycles. The first-order chi connectivity index (χ1) is 11.9. The summed E-state index contributed by atoms with van der Waals surface area (Å²) in [6.07, 6.45) is -1.09. The van der Waals surface area contributed by atoms with Crippen LogP contribution in [-0.2, 0) is 0 Å². The summed E-state index contributed by atoms with van der Waals surface area (Å²) in [5, 5.41) is 22.0. The van der Waals surface area contributed by atoms with Gasteiger partial charge in [0, 0.05) is 12.6 Å². The van der Waals surface area contributed by atoms with Crippen LogP contribution in [0.3, 0.4) is 0 Å². The molecule has 8 heteroatoms. The van der Waals surface area contributed by atoms with Crippen molar-refractivity contribution in [2.45, 2.75) is 19.9 Å². The Morgan fingerprint density at radius 1 is 1.36 bits per heavy atom. The van der Waals surface area contributed by atoms with E-state index in [1.165, 1.54) is 0 Å². The van der Waals surface area contributed by atoms with Gasteiger partial charge in [0.05, 0.1) is 17.4 Å². The number of rotatable bonds is 3. The molecule has 1 unspecified atom stereocenters. The maximum absolute atomic E-state index is 11.3. The summed E-state index contributed by atoms with van der Waals surface area (Å²) < 4.78 is 0. The molecule has 0 saturated carbocycles. The van der Waals surface area contributed by atoms with Gasteiger partial charge in [-0.1, -0.05) is 0 Å². The molecule has 1 amide bonds. The lowest BCUT2D eigenvalue weighted by molar-refractivity contribution is 0.202. The van der Waals surface area contributed by atoms with Crippen LogP contribution in [-0.4, -0.2) is 39.6 Å². The van der Waals surface area contributed by atoms with Crippen molar-refractivity contribution in [2.24, 2.45) is 4.99 Å². The minimum atomic E-state index is -1.09. The van der Waals surface area contributed by atoms with Crippen molar-refractivity contribution < 1.29 is 15.0 Å². The molecule has 0 spiro atoms. The Morgan fingerprint density at radius 2 is 2.04 bits per heavy atom. The van der Waals surface area contributed by atoms with E-state index >= 15 is 0 Å². The molecular weight excluding hydrogens is 322 g/mol. The second-order valence-electron chi connectivity index (χ2n) is 5.70. The van der Waals surface area contributed by atoms with Gasteiger partial charge in [-0.3, -0.25) is 4.90 Å². The highest BCUT2D eigenvalue weighted by molar-refractivity contribution is 6.10. The predicted molar refractivity (Wildman–Crippen MR) is 97.1 cm³/mol. The number of hydrogen-bond acceptors (Lipinski definition) is 6. The fraction of sp³-hybridized carbons (Fsp3) is 0.235. The minimum Gasteiger partial charge on any atom is -0.508 e. The largest absolute Gasteiger partial charge is 0.508 e. The zero-order chi connectivity index (χ0) is 18.1. The quantitative estimate of drug-likeness (QED) is 0.680. The molecule has 3 rings (SSSR count). The zero-order valence-electron chi connectivity index (χ0n) is 13.9. The van der Waals surface area contributed by atoms with Crippen LogP contribution in [0.25, 0.3) is 0 Å². The molecule has 8 nitrogen and oxygen atoms in total. The van der Waals surface area contributed by atoms with Gasteiger partial charge in [-0.05, 0) is 43.7 Å². The van der Waals surface area contributed by atoms with Crippen LogP contribution in [0.4, 0.5) is 27.8 Å². The Labute approximate surface area is 144 Å². The van der Waals surface area contributed by atoms with Gasteiger partial charge in [-0.2, -0.15) is 0 Å². The van der Waals surface area contributed by atoms with Gasteiger partial charge in [0.25, 0.3) is 0 Å². The number of nitrogens with zero attached hydrogens (tertiary/aromatic N) is 3. The minimum absolute atomic E-state index is 0.119.